The van der Waals surface area contributed by atoms with E-state index in [1.54, 1.807) is 16.9 Å². The second-order valence-corrected chi connectivity index (χ2v) is 8.27. The summed E-state index contributed by atoms with van der Waals surface area (Å²) in [7, 11) is 0. The van der Waals surface area contributed by atoms with Crippen molar-refractivity contribution in [2.75, 3.05) is 26.2 Å². The van der Waals surface area contributed by atoms with Crippen LogP contribution in [0.1, 0.15) is 37.2 Å². The summed E-state index contributed by atoms with van der Waals surface area (Å²) in [6, 6.07) is 9.51. The zero-order valence-electron chi connectivity index (χ0n) is 16.4. The second kappa shape index (κ2) is 8.23. The molecule has 28 heavy (non-hydrogen) atoms. The molecule has 3 heterocycles. The number of halogens is 1. The van der Waals surface area contributed by atoms with Crippen molar-refractivity contribution in [1.82, 2.24) is 19.6 Å². The van der Waals surface area contributed by atoms with Crippen molar-refractivity contribution >= 4 is 17.5 Å². The van der Waals surface area contributed by atoms with E-state index in [1.165, 1.54) is 0 Å². The summed E-state index contributed by atoms with van der Waals surface area (Å²) < 4.78 is 7.51. The molecule has 2 aliphatic rings. The first-order valence-electron chi connectivity index (χ1n) is 10.0. The molecule has 7 heteroatoms. The molecule has 1 aromatic carbocycles. The van der Waals surface area contributed by atoms with Crippen molar-refractivity contribution in [3.63, 3.8) is 0 Å². The minimum absolute atomic E-state index is 0.00246. The van der Waals surface area contributed by atoms with Gasteiger partial charge in [0.2, 0.25) is 0 Å². The smallest absolute Gasteiger partial charge is 0.274 e. The van der Waals surface area contributed by atoms with Crippen molar-refractivity contribution in [2.45, 2.75) is 44.9 Å². The molecule has 0 spiro atoms. The summed E-state index contributed by atoms with van der Waals surface area (Å²) in [5.74, 6) is 0.00246. The van der Waals surface area contributed by atoms with Gasteiger partial charge in [-0.05, 0) is 44.9 Å². The van der Waals surface area contributed by atoms with Crippen LogP contribution in [0.5, 0.6) is 0 Å². The predicted molar refractivity (Wildman–Crippen MR) is 109 cm³/mol. The maximum atomic E-state index is 13.1. The normalized spacial score (nSPS) is 26.0. The first-order chi connectivity index (χ1) is 13.5. The number of aromatic nitrogens is 2. The van der Waals surface area contributed by atoms with E-state index in [1.807, 2.05) is 29.2 Å². The number of carbonyl (C=O) groups excluding carboxylic acids is 1. The van der Waals surface area contributed by atoms with Crippen LogP contribution in [-0.2, 0) is 4.74 Å². The zero-order valence-corrected chi connectivity index (χ0v) is 17.2. The molecule has 6 nitrogen and oxygen atoms in total. The van der Waals surface area contributed by atoms with E-state index in [-0.39, 0.29) is 24.2 Å². The van der Waals surface area contributed by atoms with Crippen molar-refractivity contribution in [3.8, 4) is 5.69 Å². The third-order valence-corrected chi connectivity index (χ3v) is 5.83. The van der Waals surface area contributed by atoms with Gasteiger partial charge in [-0.1, -0.05) is 23.7 Å². The van der Waals surface area contributed by atoms with E-state index < -0.39 is 0 Å². The van der Waals surface area contributed by atoms with Gasteiger partial charge in [-0.15, -0.1) is 0 Å². The summed E-state index contributed by atoms with van der Waals surface area (Å²) in [6.45, 7) is 7.75. The lowest BCUT2D eigenvalue weighted by atomic mass is 10.1. The molecule has 150 valence electrons. The Morgan fingerprint density at radius 1 is 1.21 bits per heavy atom. The Kier molecular flexibility index (Phi) is 5.71. The molecule has 1 aromatic heterocycles. The number of hydrogen-bond acceptors (Lipinski definition) is 4. The number of likely N-dealkylation sites (tertiary alicyclic amines) is 1. The Morgan fingerprint density at radius 2 is 1.96 bits per heavy atom. The maximum absolute atomic E-state index is 13.1. The van der Waals surface area contributed by atoms with E-state index in [2.05, 4.69) is 23.8 Å². The minimum atomic E-state index is 0.00246. The van der Waals surface area contributed by atoms with Gasteiger partial charge in [0.25, 0.3) is 5.91 Å². The summed E-state index contributed by atoms with van der Waals surface area (Å²) in [5, 5.41) is 5.11. The highest BCUT2D eigenvalue weighted by atomic mass is 35.5. The van der Waals surface area contributed by atoms with Crippen molar-refractivity contribution in [3.05, 3.63) is 47.2 Å². The number of benzene rings is 1. The van der Waals surface area contributed by atoms with Crippen molar-refractivity contribution < 1.29 is 9.53 Å². The van der Waals surface area contributed by atoms with Gasteiger partial charge < -0.3 is 9.64 Å². The zero-order chi connectivity index (χ0) is 19.7. The number of hydrogen-bond donors (Lipinski definition) is 0. The topological polar surface area (TPSA) is 50.6 Å². The maximum Gasteiger partial charge on any atom is 0.274 e. The van der Waals surface area contributed by atoms with E-state index in [4.69, 9.17) is 16.3 Å². The molecule has 0 bridgehead atoms. The summed E-state index contributed by atoms with van der Waals surface area (Å²) in [4.78, 5) is 17.5. The minimum Gasteiger partial charge on any atom is -0.373 e. The number of nitrogens with zero attached hydrogens (tertiary/aromatic N) is 4. The highest BCUT2D eigenvalue weighted by Gasteiger charge is 2.33. The summed E-state index contributed by atoms with van der Waals surface area (Å²) in [5.41, 5.74) is 1.24. The number of rotatable bonds is 4. The Balaban J connectivity index is 1.46. The van der Waals surface area contributed by atoms with Crippen LogP contribution in [0.2, 0.25) is 5.02 Å². The summed E-state index contributed by atoms with van der Waals surface area (Å²) >= 11 is 6.26. The molecule has 0 saturated carbocycles. The fraction of sp³-hybridized carbons (Fsp3) is 0.524. The number of ether oxygens (including phenoxy) is 1. The molecule has 2 aliphatic heterocycles. The van der Waals surface area contributed by atoms with Gasteiger partial charge in [-0.3, -0.25) is 9.69 Å². The van der Waals surface area contributed by atoms with Crippen molar-refractivity contribution in [1.29, 1.82) is 0 Å². The molecule has 3 atom stereocenters. The number of amides is 1. The molecular formula is C21H27ClN4O2. The van der Waals surface area contributed by atoms with Crippen LogP contribution in [0.15, 0.2) is 36.5 Å². The fourth-order valence-corrected chi connectivity index (χ4v) is 4.60. The lowest BCUT2D eigenvalue weighted by Gasteiger charge is -2.38. The largest absolute Gasteiger partial charge is 0.373 e. The van der Waals surface area contributed by atoms with E-state index in [9.17, 15) is 4.79 Å². The number of para-hydroxylation sites is 1. The molecule has 3 unspecified atom stereocenters. The molecule has 1 amide bonds. The third-order valence-electron chi connectivity index (χ3n) is 5.51. The Hall–Kier alpha value is -1.89. The van der Waals surface area contributed by atoms with Crippen LogP contribution in [0.3, 0.4) is 0 Å². The molecular weight excluding hydrogens is 376 g/mol. The van der Waals surface area contributed by atoms with Gasteiger partial charge in [0.1, 0.15) is 0 Å². The second-order valence-electron chi connectivity index (χ2n) is 7.87. The average molecular weight is 403 g/mol. The molecule has 2 fully saturated rings. The van der Waals surface area contributed by atoms with Gasteiger partial charge in [0, 0.05) is 38.4 Å². The first-order valence-corrected chi connectivity index (χ1v) is 10.4. The lowest BCUT2D eigenvalue weighted by molar-refractivity contribution is -0.0715. The standard InChI is InChI=1S/C21H27ClN4O2/c1-15-12-24(13-16(2)28-15)14-17-6-5-10-25(17)21(27)19-9-11-26(23-19)20-8-4-3-7-18(20)22/h3-4,7-9,11,15-17H,5-6,10,12-14H2,1-2H3. The Bertz CT molecular complexity index is 829. The highest BCUT2D eigenvalue weighted by molar-refractivity contribution is 6.32. The molecule has 0 radical (unpaired) electrons. The Morgan fingerprint density at radius 3 is 2.71 bits per heavy atom. The van der Waals surface area contributed by atoms with E-state index in [0.29, 0.717) is 10.7 Å². The van der Waals surface area contributed by atoms with Crippen LogP contribution in [-0.4, -0.2) is 69.9 Å². The molecule has 2 saturated heterocycles. The number of carbonyl (C=O) groups is 1. The lowest BCUT2D eigenvalue weighted by Crippen LogP contribution is -2.51. The van der Waals surface area contributed by atoms with Crippen LogP contribution in [0.25, 0.3) is 5.69 Å². The van der Waals surface area contributed by atoms with Gasteiger partial charge >= 0.3 is 0 Å². The molecule has 2 aromatic rings. The van der Waals surface area contributed by atoms with Crippen LogP contribution >= 0.6 is 11.6 Å². The van der Waals surface area contributed by atoms with E-state index >= 15 is 0 Å². The van der Waals surface area contributed by atoms with Gasteiger partial charge in [-0.25, -0.2) is 4.68 Å². The summed E-state index contributed by atoms with van der Waals surface area (Å²) in [6.07, 6.45) is 4.35. The van der Waals surface area contributed by atoms with Crippen LogP contribution in [0, 0.1) is 0 Å². The third kappa shape index (κ3) is 4.09. The molecule has 4 rings (SSSR count). The quantitative estimate of drug-likeness (QED) is 0.787. The predicted octanol–water partition coefficient (Wildman–Crippen LogP) is 3.24. The Labute approximate surface area is 171 Å². The van der Waals surface area contributed by atoms with Crippen molar-refractivity contribution in [2.24, 2.45) is 0 Å². The van der Waals surface area contributed by atoms with Crippen LogP contribution in [0.4, 0.5) is 0 Å². The highest BCUT2D eigenvalue weighted by Crippen LogP contribution is 2.24. The van der Waals surface area contributed by atoms with Gasteiger partial charge in [0.15, 0.2) is 5.69 Å². The van der Waals surface area contributed by atoms with Gasteiger partial charge in [-0.2, -0.15) is 5.10 Å². The fourth-order valence-electron chi connectivity index (χ4n) is 4.38. The average Bonchev–Trinajstić information content (AvgIpc) is 3.30. The molecule has 0 N–H and O–H groups in total. The first kappa shape index (κ1) is 19.4. The van der Waals surface area contributed by atoms with E-state index in [0.717, 1.165) is 44.7 Å². The SMILES string of the molecule is CC1CN(CC2CCCN2C(=O)c2ccn(-c3ccccc3Cl)n2)CC(C)O1. The van der Waals surface area contributed by atoms with Crippen LogP contribution < -0.4 is 0 Å². The molecule has 0 aliphatic carbocycles. The monoisotopic (exact) mass is 402 g/mol. The number of morpholine rings is 1. The van der Waals surface area contributed by atoms with Gasteiger partial charge in [0.05, 0.1) is 22.9 Å².